The molecule has 0 radical (unpaired) electrons. The van der Waals surface area contributed by atoms with Gasteiger partial charge in [0.05, 0.1) is 18.4 Å². The molecule has 0 aliphatic rings. The van der Waals surface area contributed by atoms with Crippen LogP contribution in [0, 0.1) is 0 Å². The summed E-state index contributed by atoms with van der Waals surface area (Å²) in [5, 5.41) is 33.4. The number of aliphatic hydroxyl groups is 1. The molecule has 14 heteroatoms. The maximum absolute atomic E-state index is 11.9. The molecule has 0 aliphatic carbocycles. The number of carbonyl (C=O) groups excluding carboxylic acids is 1. The Morgan fingerprint density at radius 2 is 1.94 bits per heavy atom. The van der Waals surface area contributed by atoms with Gasteiger partial charge in [0.25, 0.3) is 5.56 Å². The summed E-state index contributed by atoms with van der Waals surface area (Å²) in [5.74, 6) is -2.24. The zero-order valence-electron chi connectivity index (χ0n) is 16.9. The van der Waals surface area contributed by atoms with Crippen molar-refractivity contribution in [2.24, 2.45) is 0 Å². The molecular weight excluding hydrogens is 436 g/mol. The van der Waals surface area contributed by atoms with Gasteiger partial charge in [-0.25, -0.2) is 20.2 Å². The normalized spacial score (nSPS) is 12.2. The number of aliphatic hydroxyl groups excluding tert-OH is 1. The number of nitrogen functional groups attached to an aromatic ring is 1. The van der Waals surface area contributed by atoms with E-state index < -0.39 is 35.8 Å². The number of hydrogen-bond donors (Lipinski definition) is 8. The lowest BCUT2D eigenvalue weighted by Gasteiger charge is -2.16. The SMILES string of the molecule is Nc1nc2ncc(CNc3ccc(C(O)N/C(=C/CC(=O)NO)C(=O)O)cc3)nc2c(=O)[nH]1. The molecule has 2 aromatic heterocycles. The maximum Gasteiger partial charge on any atom is 0.351 e. The number of anilines is 2. The summed E-state index contributed by atoms with van der Waals surface area (Å²) >= 11 is 0. The number of carboxylic acids is 1. The van der Waals surface area contributed by atoms with Crippen molar-refractivity contribution in [1.29, 1.82) is 0 Å². The highest BCUT2D eigenvalue weighted by Gasteiger charge is 2.14. The van der Waals surface area contributed by atoms with E-state index >= 15 is 0 Å². The van der Waals surface area contributed by atoms with Gasteiger partial charge in [-0.15, -0.1) is 0 Å². The minimum absolute atomic E-state index is 0.0499. The van der Waals surface area contributed by atoms with Gasteiger partial charge in [-0.1, -0.05) is 12.1 Å². The number of nitrogens with one attached hydrogen (secondary N) is 4. The Morgan fingerprint density at radius 1 is 1.21 bits per heavy atom. The number of hydrogen-bond acceptors (Lipinski definition) is 11. The highest BCUT2D eigenvalue weighted by Crippen LogP contribution is 2.17. The first-order valence-electron chi connectivity index (χ1n) is 9.43. The molecule has 2 heterocycles. The van der Waals surface area contributed by atoms with Crippen LogP contribution in [-0.2, 0) is 16.1 Å². The number of amides is 1. The van der Waals surface area contributed by atoms with E-state index in [-0.39, 0.29) is 23.7 Å². The molecule has 0 saturated heterocycles. The quantitative estimate of drug-likeness (QED) is 0.0869. The van der Waals surface area contributed by atoms with Crippen LogP contribution in [0.5, 0.6) is 0 Å². The molecule has 1 unspecified atom stereocenters. The second-order valence-electron chi connectivity index (χ2n) is 6.67. The summed E-state index contributed by atoms with van der Waals surface area (Å²) in [6, 6.07) is 6.41. The zero-order valence-corrected chi connectivity index (χ0v) is 16.9. The maximum atomic E-state index is 11.9. The van der Waals surface area contributed by atoms with Gasteiger partial charge in [0.1, 0.15) is 5.70 Å². The first-order chi connectivity index (χ1) is 15.8. The summed E-state index contributed by atoms with van der Waals surface area (Å²) in [7, 11) is 0. The molecule has 0 fully saturated rings. The van der Waals surface area contributed by atoms with Gasteiger partial charge in [0, 0.05) is 17.7 Å². The van der Waals surface area contributed by atoms with E-state index in [0.717, 1.165) is 6.08 Å². The average Bonchev–Trinajstić information content (AvgIpc) is 2.80. The Bertz CT molecular complexity index is 1260. The predicted octanol–water partition coefficient (Wildman–Crippen LogP) is -0.648. The van der Waals surface area contributed by atoms with Gasteiger partial charge in [-0.2, -0.15) is 4.98 Å². The lowest BCUT2D eigenvalue weighted by molar-refractivity contribution is -0.133. The first kappa shape index (κ1) is 23.1. The van der Waals surface area contributed by atoms with Crippen LogP contribution in [-0.4, -0.2) is 47.2 Å². The van der Waals surface area contributed by atoms with Crippen LogP contribution in [0.25, 0.3) is 11.2 Å². The average molecular weight is 456 g/mol. The molecule has 33 heavy (non-hydrogen) atoms. The van der Waals surface area contributed by atoms with Crippen LogP contribution in [0.4, 0.5) is 11.6 Å². The third kappa shape index (κ3) is 5.99. The molecule has 0 aliphatic heterocycles. The van der Waals surface area contributed by atoms with Crippen molar-refractivity contribution in [3.05, 3.63) is 63.8 Å². The molecule has 172 valence electrons. The summed E-state index contributed by atoms with van der Waals surface area (Å²) < 4.78 is 0. The van der Waals surface area contributed by atoms with Crippen LogP contribution < -0.4 is 27.4 Å². The first-order valence-corrected chi connectivity index (χ1v) is 9.43. The number of fused-ring (bicyclic) bond motifs is 1. The molecule has 3 rings (SSSR count). The second-order valence-corrected chi connectivity index (χ2v) is 6.67. The van der Waals surface area contributed by atoms with Gasteiger partial charge in [-0.3, -0.25) is 19.8 Å². The Morgan fingerprint density at radius 3 is 2.61 bits per heavy atom. The number of rotatable bonds is 9. The third-order valence-electron chi connectivity index (χ3n) is 4.33. The lowest BCUT2D eigenvalue weighted by atomic mass is 10.1. The topological polar surface area (TPSA) is 228 Å². The molecular formula is C19H20N8O6. The van der Waals surface area contributed by atoms with E-state index in [4.69, 9.17) is 10.9 Å². The molecule has 1 aromatic carbocycles. The number of carbonyl (C=O) groups is 2. The molecule has 14 nitrogen and oxygen atoms in total. The minimum atomic E-state index is -1.38. The highest BCUT2D eigenvalue weighted by atomic mass is 16.5. The van der Waals surface area contributed by atoms with E-state index in [1.165, 1.54) is 11.7 Å². The number of aliphatic carboxylic acids is 1. The standard InChI is InChI=1S/C19H20N8O6/c20-19-25-15-14(17(30)26-19)23-11(8-22-15)7-21-10-3-1-9(2-4-10)16(29)24-12(18(31)32)5-6-13(28)27-33/h1-5,8,16,21,24,29,33H,6-7H2,(H,27,28)(H,31,32)(H3,20,22,25,26,30)/b12-5+. The molecule has 0 bridgehead atoms. The number of benzene rings is 1. The Hall–Kier alpha value is -4.56. The number of aromatic nitrogens is 4. The van der Waals surface area contributed by atoms with E-state index in [1.807, 2.05) is 0 Å². The highest BCUT2D eigenvalue weighted by molar-refractivity contribution is 5.87. The van der Waals surface area contributed by atoms with Gasteiger partial charge in [-0.05, 0) is 18.2 Å². The Balaban J connectivity index is 1.64. The van der Waals surface area contributed by atoms with Crippen LogP contribution in [0.3, 0.4) is 0 Å². The number of aromatic amines is 1. The Kier molecular flexibility index (Phi) is 7.12. The van der Waals surface area contributed by atoms with E-state index in [2.05, 4.69) is 30.6 Å². The van der Waals surface area contributed by atoms with Crippen LogP contribution in [0.2, 0.25) is 0 Å². The van der Waals surface area contributed by atoms with E-state index in [1.54, 1.807) is 24.3 Å². The van der Waals surface area contributed by atoms with Crippen molar-refractivity contribution < 1.29 is 25.0 Å². The van der Waals surface area contributed by atoms with Crippen molar-refractivity contribution >= 4 is 34.7 Å². The smallest absolute Gasteiger partial charge is 0.351 e. The molecule has 0 saturated carbocycles. The zero-order chi connectivity index (χ0) is 24.0. The molecule has 0 spiro atoms. The molecule has 9 N–H and O–H groups in total. The van der Waals surface area contributed by atoms with Gasteiger partial charge >= 0.3 is 5.97 Å². The van der Waals surface area contributed by atoms with Crippen molar-refractivity contribution in [3.8, 4) is 0 Å². The number of H-pyrrole nitrogens is 1. The van der Waals surface area contributed by atoms with Crippen molar-refractivity contribution in [3.63, 3.8) is 0 Å². The van der Waals surface area contributed by atoms with Gasteiger partial charge in [0.15, 0.2) is 17.4 Å². The van der Waals surface area contributed by atoms with E-state index in [9.17, 15) is 24.6 Å². The molecule has 1 atom stereocenters. The fourth-order valence-corrected chi connectivity index (χ4v) is 2.71. The summed E-state index contributed by atoms with van der Waals surface area (Å²) in [6.07, 6.45) is 0.719. The third-order valence-corrected chi connectivity index (χ3v) is 4.33. The summed E-state index contributed by atoms with van der Waals surface area (Å²) in [4.78, 5) is 48.8. The lowest BCUT2D eigenvalue weighted by Crippen LogP contribution is -2.26. The number of hydroxylamine groups is 1. The fraction of sp³-hybridized carbons (Fsp3) is 0.158. The summed E-state index contributed by atoms with van der Waals surface area (Å²) in [6.45, 7) is 0.242. The van der Waals surface area contributed by atoms with Gasteiger partial charge in [0.2, 0.25) is 11.9 Å². The minimum Gasteiger partial charge on any atom is -0.477 e. The van der Waals surface area contributed by atoms with E-state index in [0.29, 0.717) is 16.9 Å². The fourth-order valence-electron chi connectivity index (χ4n) is 2.71. The van der Waals surface area contributed by atoms with Crippen molar-refractivity contribution in [1.82, 2.24) is 30.7 Å². The predicted molar refractivity (Wildman–Crippen MR) is 114 cm³/mol. The van der Waals surface area contributed by atoms with Crippen LogP contribution in [0.1, 0.15) is 23.9 Å². The largest absolute Gasteiger partial charge is 0.477 e. The van der Waals surface area contributed by atoms with Gasteiger partial charge < -0.3 is 26.6 Å². The molecule has 3 aromatic rings. The number of nitrogens with zero attached hydrogens (tertiary/aromatic N) is 3. The van der Waals surface area contributed by atoms with Crippen LogP contribution >= 0.6 is 0 Å². The Labute approximate surface area is 185 Å². The number of nitrogens with two attached hydrogens (primary N) is 1. The number of carboxylic acid groups (broad SMARTS) is 1. The van der Waals surface area contributed by atoms with Crippen LogP contribution in [0.15, 0.2) is 47.0 Å². The monoisotopic (exact) mass is 456 g/mol. The second kappa shape index (κ2) is 10.2. The van der Waals surface area contributed by atoms with Crippen molar-refractivity contribution in [2.45, 2.75) is 19.2 Å². The van der Waals surface area contributed by atoms with Crippen molar-refractivity contribution in [2.75, 3.05) is 11.1 Å². The molecule has 1 amide bonds. The summed E-state index contributed by atoms with van der Waals surface area (Å²) in [5.41, 5.74) is 7.65.